The van der Waals surface area contributed by atoms with Crippen LogP contribution in [0.1, 0.15) is 33.8 Å². The Morgan fingerprint density at radius 3 is 2.49 bits per heavy atom. The fourth-order valence-corrected chi connectivity index (χ4v) is 5.06. The maximum Gasteiger partial charge on any atom is 0.339 e. The van der Waals surface area contributed by atoms with Crippen LogP contribution in [0.5, 0.6) is 11.5 Å². The summed E-state index contributed by atoms with van der Waals surface area (Å²) in [5, 5.41) is 3.98. The molecule has 0 unspecified atom stereocenters. The summed E-state index contributed by atoms with van der Waals surface area (Å²) in [6, 6.07) is 22.1. The zero-order valence-corrected chi connectivity index (χ0v) is 21.4. The number of esters is 1. The van der Waals surface area contributed by atoms with Crippen molar-refractivity contribution in [3.05, 3.63) is 102 Å². The third kappa shape index (κ3) is 4.38. The third-order valence-corrected chi connectivity index (χ3v) is 6.71. The molecule has 1 fully saturated rings. The highest BCUT2D eigenvalue weighted by molar-refractivity contribution is 7.80. The Kier molecular flexibility index (Phi) is 6.78. The van der Waals surface area contributed by atoms with Crippen molar-refractivity contribution in [3.8, 4) is 17.2 Å². The Hall–Kier alpha value is -4.37. The van der Waals surface area contributed by atoms with Crippen molar-refractivity contribution in [3.63, 3.8) is 0 Å². The van der Waals surface area contributed by atoms with Gasteiger partial charge in [-0.3, -0.25) is 4.98 Å². The lowest BCUT2D eigenvalue weighted by atomic mass is 10.00. The summed E-state index contributed by atoms with van der Waals surface area (Å²) in [6.07, 6.45) is 3.69. The number of nitrogens with one attached hydrogen (secondary N) is 1. The van der Waals surface area contributed by atoms with Crippen molar-refractivity contribution in [1.82, 2.24) is 14.9 Å². The van der Waals surface area contributed by atoms with Gasteiger partial charge in [-0.05, 0) is 60.7 Å². The molecular formula is C28H26N4O4S. The summed E-state index contributed by atoms with van der Waals surface area (Å²) >= 11 is 5.89. The van der Waals surface area contributed by atoms with Gasteiger partial charge in [0.1, 0.15) is 17.5 Å². The largest absolute Gasteiger partial charge is 0.497 e. The molecule has 0 bridgehead atoms. The van der Waals surface area contributed by atoms with Gasteiger partial charge in [-0.2, -0.15) is 0 Å². The number of carbonyl (C=O) groups excluding carboxylic acids is 1. The van der Waals surface area contributed by atoms with E-state index in [1.54, 1.807) is 26.5 Å². The number of thiocarbonyl (C=S) groups is 1. The van der Waals surface area contributed by atoms with E-state index >= 15 is 0 Å². The van der Waals surface area contributed by atoms with E-state index in [9.17, 15) is 4.79 Å². The molecule has 37 heavy (non-hydrogen) atoms. The lowest BCUT2D eigenvalue weighted by Crippen LogP contribution is -2.30. The molecule has 0 aliphatic carbocycles. The summed E-state index contributed by atoms with van der Waals surface area (Å²) in [4.78, 5) is 19.3. The fraction of sp³-hybridized carbons (Fsp3) is 0.179. The molecule has 1 N–H and O–H groups in total. The summed E-state index contributed by atoms with van der Waals surface area (Å²) in [6.45, 7) is 0. The van der Waals surface area contributed by atoms with Crippen LogP contribution in [0.25, 0.3) is 5.69 Å². The van der Waals surface area contributed by atoms with Crippen LogP contribution in [-0.2, 0) is 4.74 Å². The van der Waals surface area contributed by atoms with Gasteiger partial charge in [0.05, 0.1) is 50.0 Å². The zero-order chi connectivity index (χ0) is 25.9. The summed E-state index contributed by atoms with van der Waals surface area (Å²) in [5.41, 5.74) is 3.62. The minimum atomic E-state index is -0.414. The highest BCUT2D eigenvalue weighted by Crippen LogP contribution is 2.46. The minimum absolute atomic E-state index is 0.288. The molecule has 8 nitrogen and oxygen atoms in total. The normalized spacial score (nSPS) is 16.8. The van der Waals surface area contributed by atoms with Crippen LogP contribution >= 0.6 is 12.2 Å². The summed E-state index contributed by atoms with van der Waals surface area (Å²) in [5.74, 6) is 0.901. The molecule has 1 aliphatic heterocycles. The first kappa shape index (κ1) is 24.3. The van der Waals surface area contributed by atoms with Gasteiger partial charge < -0.3 is 29.0 Å². The highest BCUT2D eigenvalue weighted by atomic mass is 32.1. The van der Waals surface area contributed by atoms with E-state index in [2.05, 4.69) is 10.3 Å². The Bertz CT molecular complexity index is 1440. The van der Waals surface area contributed by atoms with Gasteiger partial charge in [0, 0.05) is 24.2 Å². The van der Waals surface area contributed by atoms with Gasteiger partial charge in [0.25, 0.3) is 0 Å². The maximum atomic E-state index is 12.6. The number of rotatable bonds is 7. The number of benzene rings is 2. The van der Waals surface area contributed by atoms with Crippen molar-refractivity contribution < 1.29 is 19.0 Å². The molecule has 9 heteroatoms. The second kappa shape index (κ2) is 10.3. The molecule has 3 heterocycles. The molecule has 1 saturated heterocycles. The third-order valence-electron chi connectivity index (χ3n) is 6.40. The molecule has 188 valence electrons. The summed E-state index contributed by atoms with van der Waals surface area (Å²) < 4.78 is 18.3. The van der Waals surface area contributed by atoms with Crippen LogP contribution in [0.2, 0.25) is 0 Å². The standard InChI is InChI=1S/C28H26N4O4S/c1-34-18-13-14-24(35-2)23(17-18)32-26(25(30-28(32)37)20-10-6-7-15-29-20)22-12-8-16-31(22)21-11-5-4-9-19(21)27(33)36-3/h4-17,25-26H,1-3H3,(H,30,37)/t25-,26+/m0/s1. The molecule has 2 aromatic heterocycles. The van der Waals surface area contributed by atoms with Gasteiger partial charge >= 0.3 is 5.97 Å². The lowest BCUT2D eigenvalue weighted by molar-refractivity contribution is 0.0600. The Morgan fingerprint density at radius 1 is 0.946 bits per heavy atom. The van der Waals surface area contributed by atoms with E-state index in [0.29, 0.717) is 27.9 Å². The lowest BCUT2D eigenvalue weighted by Gasteiger charge is -2.30. The Morgan fingerprint density at radius 2 is 1.76 bits per heavy atom. The molecule has 0 saturated carbocycles. The van der Waals surface area contributed by atoms with Crippen LogP contribution in [-0.4, -0.2) is 42.0 Å². The van der Waals surface area contributed by atoms with Crippen molar-refractivity contribution in [2.75, 3.05) is 26.2 Å². The number of hydrogen-bond acceptors (Lipinski definition) is 6. The number of pyridine rings is 1. The van der Waals surface area contributed by atoms with E-state index in [0.717, 1.165) is 17.1 Å². The van der Waals surface area contributed by atoms with Crippen LogP contribution in [0.4, 0.5) is 5.69 Å². The van der Waals surface area contributed by atoms with Crippen LogP contribution in [0.15, 0.2) is 85.2 Å². The van der Waals surface area contributed by atoms with E-state index in [4.69, 9.17) is 26.4 Å². The predicted molar refractivity (Wildman–Crippen MR) is 145 cm³/mol. The first-order valence-corrected chi connectivity index (χ1v) is 12.1. The van der Waals surface area contributed by atoms with Crippen molar-refractivity contribution in [2.24, 2.45) is 0 Å². The van der Waals surface area contributed by atoms with E-state index in [1.165, 1.54) is 7.11 Å². The molecule has 5 rings (SSSR count). The van der Waals surface area contributed by atoms with Gasteiger partial charge in [0.2, 0.25) is 0 Å². The predicted octanol–water partition coefficient (Wildman–Crippen LogP) is 4.85. The van der Waals surface area contributed by atoms with E-state index in [-0.39, 0.29) is 12.1 Å². The van der Waals surface area contributed by atoms with E-state index < -0.39 is 5.97 Å². The van der Waals surface area contributed by atoms with Crippen molar-refractivity contribution in [1.29, 1.82) is 0 Å². The van der Waals surface area contributed by atoms with Gasteiger partial charge in [-0.15, -0.1) is 0 Å². The number of aromatic nitrogens is 2. The highest BCUT2D eigenvalue weighted by Gasteiger charge is 2.43. The van der Waals surface area contributed by atoms with Crippen LogP contribution in [0.3, 0.4) is 0 Å². The molecule has 0 radical (unpaired) electrons. The zero-order valence-electron chi connectivity index (χ0n) is 20.6. The van der Waals surface area contributed by atoms with E-state index in [1.807, 2.05) is 82.4 Å². The molecule has 2 atom stereocenters. The molecule has 0 spiro atoms. The Balaban J connectivity index is 1.72. The summed E-state index contributed by atoms with van der Waals surface area (Å²) in [7, 11) is 4.62. The number of nitrogens with zero attached hydrogens (tertiary/aromatic N) is 3. The number of anilines is 1. The van der Waals surface area contributed by atoms with Crippen molar-refractivity contribution in [2.45, 2.75) is 12.1 Å². The first-order valence-electron chi connectivity index (χ1n) is 11.6. The quantitative estimate of drug-likeness (QED) is 0.277. The van der Waals surface area contributed by atoms with Gasteiger partial charge in [0.15, 0.2) is 5.11 Å². The van der Waals surface area contributed by atoms with Gasteiger partial charge in [-0.25, -0.2) is 4.79 Å². The molecular weight excluding hydrogens is 488 g/mol. The second-order valence-electron chi connectivity index (χ2n) is 8.35. The Labute approximate surface area is 220 Å². The smallest absolute Gasteiger partial charge is 0.339 e. The van der Waals surface area contributed by atoms with Gasteiger partial charge in [-0.1, -0.05) is 18.2 Å². The molecule has 4 aromatic rings. The molecule has 1 aliphatic rings. The first-order chi connectivity index (χ1) is 18.1. The van der Waals surface area contributed by atoms with Crippen LogP contribution < -0.4 is 19.7 Å². The topological polar surface area (TPSA) is 77.9 Å². The maximum absolute atomic E-state index is 12.6. The minimum Gasteiger partial charge on any atom is -0.497 e. The fourth-order valence-electron chi connectivity index (χ4n) is 4.72. The SMILES string of the molecule is COC(=O)c1ccccc1-n1cccc1[C@@H]1[C@H](c2ccccn2)NC(=S)N1c1cc(OC)ccc1OC. The average molecular weight is 515 g/mol. The van der Waals surface area contributed by atoms with Crippen LogP contribution in [0, 0.1) is 0 Å². The number of hydrogen-bond donors (Lipinski definition) is 1. The number of ether oxygens (including phenoxy) is 3. The monoisotopic (exact) mass is 514 g/mol. The average Bonchev–Trinajstić information content (AvgIpc) is 3.56. The molecule has 2 aromatic carbocycles. The molecule has 0 amide bonds. The number of carbonyl (C=O) groups is 1. The van der Waals surface area contributed by atoms with Crippen molar-refractivity contribution >= 4 is 29.0 Å². The second-order valence-corrected chi connectivity index (χ2v) is 8.73. The number of methoxy groups -OCH3 is 3. The number of para-hydroxylation sites is 1.